The van der Waals surface area contributed by atoms with Crippen LogP contribution in [0.15, 0.2) is 24.3 Å². The van der Waals surface area contributed by atoms with E-state index in [1.807, 2.05) is 38.1 Å². The standard InChI is InChI=1S/C19H23N3O/c1-11(2)20-17(23)19-10-9-12(18(19,3)4)15-16(19)22-14-8-6-5-7-13(14)21-15/h5-8,11-12H,9-10H2,1-4H3,(H,20,23). The summed E-state index contributed by atoms with van der Waals surface area (Å²) in [7, 11) is 0. The van der Waals surface area contributed by atoms with Crippen molar-refractivity contribution in [2.24, 2.45) is 5.41 Å². The van der Waals surface area contributed by atoms with Crippen LogP contribution in [-0.2, 0) is 10.2 Å². The molecule has 0 saturated heterocycles. The molecule has 1 N–H and O–H groups in total. The van der Waals surface area contributed by atoms with E-state index < -0.39 is 5.41 Å². The summed E-state index contributed by atoms with van der Waals surface area (Å²) in [6.45, 7) is 8.43. The largest absolute Gasteiger partial charge is 0.353 e. The summed E-state index contributed by atoms with van der Waals surface area (Å²) in [4.78, 5) is 23.0. The van der Waals surface area contributed by atoms with E-state index in [4.69, 9.17) is 9.97 Å². The quantitative estimate of drug-likeness (QED) is 0.926. The van der Waals surface area contributed by atoms with Crippen LogP contribution < -0.4 is 5.32 Å². The molecule has 1 fully saturated rings. The lowest BCUT2D eigenvalue weighted by atomic mass is 9.67. The second-order valence-corrected chi connectivity index (χ2v) is 7.79. The van der Waals surface area contributed by atoms with Crippen molar-refractivity contribution in [3.05, 3.63) is 35.7 Å². The molecule has 2 aliphatic rings. The molecule has 0 radical (unpaired) electrons. The van der Waals surface area contributed by atoms with E-state index in [-0.39, 0.29) is 17.4 Å². The van der Waals surface area contributed by atoms with Crippen LogP contribution >= 0.6 is 0 Å². The van der Waals surface area contributed by atoms with Gasteiger partial charge in [0.25, 0.3) is 0 Å². The zero-order valence-electron chi connectivity index (χ0n) is 14.2. The highest BCUT2D eigenvalue weighted by molar-refractivity contribution is 5.92. The first-order valence-electron chi connectivity index (χ1n) is 8.46. The summed E-state index contributed by atoms with van der Waals surface area (Å²) >= 11 is 0. The van der Waals surface area contributed by atoms with Crippen LogP contribution in [0.4, 0.5) is 0 Å². The lowest BCUT2D eigenvalue weighted by Gasteiger charge is -2.36. The molecule has 4 rings (SSSR count). The minimum Gasteiger partial charge on any atom is -0.353 e. The Morgan fingerprint density at radius 3 is 2.52 bits per heavy atom. The lowest BCUT2D eigenvalue weighted by molar-refractivity contribution is -0.130. The Labute approximate surface area is 136 Å². The van der Waals surface area contributed by atoms with Crippen LogP contribution in [0.25, 0.3) is 11.0 Å². The van der Waals surface area contributed by atoms with Gasteiger partial charge in [0.05, 0.1) is 27.8 Å². The minimum atomic E-state index is -0.547. The Bertz CT molecular complexity index is 811. The van der Waals surface area contributed by atoms with Gasteiger partial charge in [0.1, 0.15) is 0 Å². The van der Waals surface area contributed by atoms with Gasteiger partial charge in [-0.25, -0.2) is 9.97 Å². The summed E-state index contributed by atoms with van der Waals surface area (Å²) in [5.74, 6) is 0.427. The first-order chi connectivity index (χ1) is 10.9. The van der Waals surface area contributed by atoms with Crippen molar-refractivity contribution in [2.45, 2.75) is 57.9 Å². The Hall–Kier alpha value is -1.97. The minimum absolute atomic E-state index is 0.114. The number of nitrogens with one attached hydrogen (secondary N) is 1. The van der Waals surface area contributed by atoms with E-state index in [2.05, 4.69) is 19.2 Å². The number of hydrogen-bond donors (Lipinski definition) is 1. The molecule has 1 heterocycles. The number of nitrogens with zero attached hydrogens (tertiary/aromatic N) is 2. The van der Waals surface area contributed by atoms with Gasteiger partial charge in [-0.2, -0.15) is 0 Å². The first kappa shape index (κ1) is 14.6. The smallest absolute Gasteiger partial charge is 0.233 e. The summed E-state index contributed by atoms with van der Waals surface area (Å²) in [6.07, 6.45) is 1.88. The van der Waals surface area contributed by atoms with Gasteiger partial charge >= 0.3 is 0 Å². The van der Waals surface area contributed by atoms with Gasteiger partial charge in [-0.3, -0.25) is 4.79 Å². The third kappa shape index (κ3) is 1.69. The predicted molar refractivity (Wildman–Crippen MR) is 90.3 cm³/mol. The molecule has 1 aromatic carbocycles. The van der Waals surface area contributed by atoms with Gasteiger partial charge in [-0.15, -0.1) is 0 Å². The molecule has 2 aromatic rings. The van der Waals surface area contributed by atoms with Crippen molar-refractivity contribution >= 4 is 16.9 Å². The molecule has 1 amide bonds. The van der Waals surface area contributed by atoms with Crippen molar-refractivity contribution in [1.29, 1.82) is 0 Å². The van der Waals surface area contributed by atoms with E-state index in [1.165, 1.54) is 0 Å². The molecule has 120 valence electrons. The fraction of sp³-hybridized carbons (Fsp3) is 0.526. The maximum atomic E-state index is 13.2. The third-order valence-electron chi connectivity index (χ3n) is 5.92. The van der Waals surface area contributed by atoms with Gasteiger partial charge < -0.3 is 5.32 Å². The van der Waals surface area contributed by atoms with Gasteiger partial charge in [-0.05, 0) is 44.2 Å². The monoisotopic (exact) mass is 309 g/mol. The van der Waals surface area contributed by atoms with Crippen molar-refractivity contribution in [3.63, 3.8) is 0 Å². The maximum absolute atomic E-state index is 13.2. The average molecular weight is 309 g/mol. The highest BCUT2D eigenvalue weighted by Gasteiger charge is 2.67. The Morgan fingerprint density at radius 1 is 1.22 bits per heavy atom. The molecule has 2 aliphatic carbocycles. The summed E-state index contributed by atoms with van der Waals surface area (Å²) in [5.41, 5.74) is 3.06. The highest BCUT2D eigenvalue weighted by Crippen LogP contribution is 2.67. The molecule has 1 saturated carbocycles. The Kier molecular flexibility index (Phi) is 2.88. The normalized spacial score (nSPS) is 27.4. The van der Waals surface area contributed by atoms with Crippen molar-refractivity contribution in [3.8, 4) is 0 Å². The third-order valence-corrected chi connectivity index (χ3v) is 5.92. The number of para-hydroxylation sites is 2. The molecule has 2 atom stereocenters. The fourth-order valence-corrected chi connectivity index (χ4v) is 4.71. The van der Waals surface area contributed by atoms with Crippen LogP contribution in [0.3, 0.4) is 0 Å². The predicted octanol–water partition coefficient (Wildman–Crippen LogP) is 3.31. The van der Waals surface area contributed by atoms with Crippen molar-refractivity contribution in [1.82, 2.24) is 15.3 Å². The Balaban J connectivity index is 1.97. The summed E-state index contributed by atoms with van der Waals surface area (Å²) in [6, 6.07) is 8.08. The van der Waals surface area contributed by atoms with E-state index in [0.29, 0.717) is 5.92 Å². The molecule has 2 bridgehead atoms. The SMILES string of the molecule is CC(C)NC(=O)C12CCC(c3nc4ccccc4nc31)C2(C)C. The molecule has 4 nitrogen and oxygen atoms in total. The number of carbonyl (C=O) groups excluding carboxylic acids is 1. The lowest BCUT2D eigenvalue weighted by Crippen LogP contribution is -2.51. The molecular weight excluding hydrogens is 286 g/mol. The number of benzene rings is 1. The molecule has 0 spiro atoms. The zero-order chi connectivity index (χ0) is 16.4. The highest BCUT2D eigenvalue weighted by atomic mass is 16.2. The second kappa shape index (κ2) is 4.53. The van der Waals surface area contributed by atoms with Gasteiger partial charge in [0.15, 0.2) is 0 Å². The van der Waals surface area contributed by atoms with Gasteiger partial charge in [0.2, 0.25) is 5.91 Å². The second-order valence-electron chi connectivity index (χ2n) is 7.79. The number of carbonyl (C=O) groups is 1. The van der Waals surface area contributed by atoms with Crippen LogP contribution in [-0.4, -0.2) is 21.9 Å². The summed E-state index contributed by atoms with van der Waals surface area (Å²) in [5, 5.41) is 3.14. The number of rotatable bonds is 2. The molecule has 4 heteroatoms. The van der Waals surface area contributed by atoms with E-state index in [9.17, 15) is 4.79 Å². The number of fused-ring (bicyclic) bond motifs is 6. The first-order valence-corrected chi connectivity index (χ1v) is 8.46. The molecule has 23 heavy (non-hydrogen) atoms. The van der Waals surface area contributed by atoms with Gasteiger partial charge in [0, 0.05) is 12.0 Å². The Morgan fingerprint density at radius 2 is 1.87 bits per heavy atom. The number of amides is 1. The number of hydrogen-bond acceptors (Lipinski definition) is 3. The zero-order valence-corrected chi connectivity index (χ0v) is 14.2. The fourth-order valence-electron chi connectivity index (χ4n) is 4.71. The van der Waals surface area contributed by atoms with Crippen LogP contribution in [0, 0.1) is 5.41 Å². The number of aromatic nitrogens is 2. The van der Waals surface area contributed by atoms with Crippen molar-refractivity contribution < 1.29 is 4.79 Å². The van der Waals surface area contributed by atoms with Gasteiger partial charge in [-0.1, -0.05) is 26.0 Å². The van der Waals surface area contributed by atoms with E-state index in [0.717, 1.165) is 35.3 Å². The summed E-state index contributed by atoms with van der Waals surface area (Å²) < 4.78 is 0. The van der Waals surface area contributed by atoms with Crippen molar-refractivity contribution in [2.75, 3.05) is 0 Å². The maximum Gasteiger partial charge on any atom is 0.233 e. The molecular formula is C19H23N3O. The molecule has 0 aliphatic heterocycles. The van der Waals surface area contributed by atoms with Crippen LogP contribution in [0.2, 0.25) is 0 Å². The molecule has 1 aromatic heterocycles. The van der Waals surface area contributed by atoms with Crippen LogP contribution in [0.5, 0.6) is 0 Å². The van der Waals surface area contributed by atoms with E-state index in [1.54, 1.807) is 0 Å². The average Bonchev–Trinajstić information content (AvgIpc) is 2.87. The van der Waals surface area contributed by atoms with E-state index >= 15 is 0 Å². The molecule has 2 unspecified atom stereocenters. The van der Waals surface area contributed by atoms with Crippen LogP contribution in [0.1, 0.15) is 57.8 Å². The topological polar surface area (TPSA) is 54.9 Å².